The van der Waals surface area contributed by atoms with Gasteiger partial charge in [0.2, 0.25) is 0 Å². The molecule has 0 nitrogen and oxygen atoms in total. The van der Waals surface area contributed by atoms with Crippen molar-refractivity contribution in [2.24, 2.45) is 5.92 Å². The summed E-state index contributed by atoms with van der Waals surface area (Å²) in [5, 5.41) is 0.187. The van der Waals surface area contributed by atoms with E-state index in [0.717, 1.165) is 0 Å². The molecule has 0 N–H and O–H groups in total. The maximum atomic E-state index is 6.58. The normalized spacial score (nSPS) is 15.1. The van der Waals surface area contributed by atoms with Gasteiger partial charge in [-0.05, 0) is 41.3 Å². The summed E-state index contributed by atoms with van der Waals surface area (Å²) >= 11 is 12.0. The van der Waals surface area contributed by atoms with Gasteiger partial charge >= 0.3 is 0 Å². The Balaban J connectivity index is 2.70. The van der Waals surface area contributed by atoms with E-state index in [1.165, 1.54) is 39.9 Å². The lowest BCUT2D eigenvalue weighted by atomic mass is 9.95. The topological polar surface area (TPSA) is 0 Å². The molecule has 0 amide bonds. The second kappa shape index (κ2) is 7.03. The van der Waals surface area contributed by atoms with Crippen LogP contribution in [0, 0.1) is 12.8 Å². The Labute approximate surface area is 117 Å². The monoisotopic (exact) mass is 322 g/mol. The van der Waals surface area contributed by atoms with Gasteiger partial charge in [-0.25, -0.2) is 0 Å². The average Bonchev–Trinajstić information content (AvgIpc) is 2.60. The van der Waals surface area contributed by atoms with Gasteiger partial charge in [0.1, 0.15) is 0 Å². The van der Waals surface area contributed by atoms with E-state index < -0.39 is 0 Å². The number of aryl methyl sites for hydroxylation is 1. The summed E-state index contributed by atoms with van der Waals surface area (Å²) in [4.78, 5) is 2.64. The molecule has 2 atom stereocenters. The largest absolute Gasteiger partial charge is 0.143 e. The van der Waals surface area contributed by atoms with E-state index in [0.29, 0.717) is 5.92 Å². The summed E-state index contributed by atoms with van der Waals surface area (Å²) in [5.74, 6) is 0.617. The zero-order valence-corrected chi connectivity index (χ0v) is 13.4. The molecule has 0 aliphatic carbocycles. The zero-order chi connectivity index (χ0) is 12.1. The third-order valence-corrected chi connectivity index (χ3v) is 5.96. The first-order chi connectivity index (χ1) is 7.60. The van der Waals surface area contributed by atoms with Crippen molar-refractivity contribution in [2.75, 3.05) is 0 Å². The first kappa shape index (κ1) is 14.5. The number of unbranched alkanes of at least 4 members (excludes halogenated alkanes) is 1. The van der Waals surface area contributed by atoms with Gasteiger partial charge in [-0.2, -0.15) is 0 Å². The molecule has 1 heterocycles. The average molecular weight is 324 g/mol. The highest BCUT2D eigenvalue weighted by Gasteiger charge is 2.21. The minimum absolute atomic E-state index is 0.187. The summed E-state index contributed by atoms with van der Waals surface area (Å²) in [6, 6.07) is 2.19. The van der Waals surface area contributed by atoms with Crippen LogP contribution in [0.25, 0.3) is 0 Å². The standard InChI is InChI=1S/C13H20BrClS/c1-4-6-7-10(5-2)13(15)12-8-11(14)9(3)16-12/h8,10,13H,4-7H2,1-3H3. The van der Waals surface area contributed by atoms with Crippen molar-refractivity contribution < 1.29 is 0 Å². The van der Waals surface area contributed by atoms with E-state index in [1.54, 1.807) is 0 Å². The van der Waals surface area contributed by atoms with Crippen molar-refractivity contribution in [3.8, 4) is 0 Å². The van der Waals surface area contributed by atoms with Gasteiger partial charge < -0.3 is 0 Å². The highest BCUT2D eigenvalue weighted by molar-refractivity contribution is 9.10. The van der Waals surface area contributed by atoms with Gasteiger partial charge in [-0.1, -0.05) is 33.1 Å². The van der Waals surface area contributed by atoms with Crippen LogP contribution < -0.4 is 0 Å². The molecule has 1 aromatic heterocycles. The molecule has 0 aliphatic rings. The Morgan fingerprint density at radius 2 is 2.12 bits per heavy atom. The van der Waals surface area contributed by atoms with Gasteiger partial charge in [0.15, 0.2) is 0 Å². The van der Waals surface area contributed by atoms with Crippen LogP contribution >= 0.6 is 38.9 Å². The number of rotatable bonds is 6. The van der Waals surface area contributed by atoms with Crippen LogP contribution in [0.15, 0.2) is 10.5 Å². The first-order valence-electron chi connectivity index (χ1n) is 6.00. The SMILES string of the molecule is CCCCC(CC)C(Cl)c1cc(Br)c(C)s1. The van der Waals surface area contributed by atoms with Crippen LogP contribution in [0.2, 0.25) is 0 Å². The van der Waals surface area contributed by atoms with Crippen LogP contribution in [0.4, 0.5) is 0 Å². The molecule has 0 aromatic carbocycles. The van der Waals surface area contributed by atoms with E-state index in [2.05, 4.69) is 42.8 Å². The molecule has 2 unspecified atom stereocenters. The Morgan fingerprint density at radius 3 is 2.56 bits per heavy atom. The number of hydrogen-bond donors (Lipinski definition) is 0. The van der Waals surface area contributed by atoms with Crippen molar-refractivity contribution in [3.63, 3.8) is 0 Å². The van der Waals surface area contributed by atoms with E-state index in [4.69, 9.17) is 11.6 Å². The van der Waals surface area contributed by atoms with Crippen LogP contribution in [0.3, 0.4) is 0 Å². The van der Waals surface area contributed by atoms with Crippen molar-refractivity contribution in [1.82, 2.24) is 0 Å². The molecule has 0 aliphatic heterocycles. The Hall–Kier alpha value is 0.470. The van der Waals surface area contributed by atoms with Gasteiger partial charge in [0.25, 0.3) is 0 Å². The molecular weight excluding hydrogens is 304 g/mol. The van der Waals surface area contributed by atoms with Gasteiger partial charge in [-0.15, -0.1) is 22.9 Å². The van der Waals surface area contributed by atoms with Crippen LogP contribution in [0.1, 0.15) is 54.7 Å². The van der Waals surface area contributed by atoms with E-state index in [-0.39, 0.29) is 5.38 Å². The lowest BCUT2D eigenvalue weighted by Crippen LogP contribution is -2.05. The highest BCUT2D eigenvalue weighted by Crippen LogP contribution is 2.40. The third kappa shape index (κ3) is 3.75. The summed E-state index contributed by atoms with van der Waals surface area (Å²) in [7, 11) is 0. The Bertz CT molecular complexity index is 302. The van der Waals surface area contributed by atoms with Crippen LogP contribution in [0.5, 0.6) is 0 Å². The molecule has 0 spiro atoms. The number of hydrogen-bond acceptors (Lipinski definition) is 1. The van der Waals surface area contributed by atoms with Gasteiger partial charge in [0, 0.05) is 14.2 Å². The molecule has 1 aromatic rings. The summed E-state index contributed by atoms with van der Waals surface area (Å²) in [6.45, 7) is 6.61. The molecule has 0 radical (unpaired) electrons. The fourth-order valence-electron chi connectivity index (χ4n) is 1.87. The predicted molar refractivity (Wildman–Crippen MR) is 78.7 cm³/mol. The molecule has 3 heteroatoms. The lowest BCUT2D eigenvalue weighted by Gasteiger charge is -2.19. The minimum Gasteiger partial charge on any atom is -0.143 e. The minimum atomic E-state index is 0.187. The molecule has 92 valence electrons. The maximum absolute atomic E-state index is 6.58. The summed E-state index contributed by atoms with van der Waals surface area (Å²) in [5.41, 5.74) is 0. The number of halogens is 2. The van der Waals surface area contributed by atoms with Gasteiger partial charge in [0.05, 0.1) is 5.38 Å². The molecule has 16 heavy (non-hydrogen) atoms. The second-order valence-electron chi connectivity index (χ2n) is 4.27. The summed E-state index contributed by atoms with van der Waals surface area (Å²) < 4.78 is 1.20. The van der Waals surface area contributed by atoms with Crippen LogP contribution in [-0.2, 0) is 0 Å². The number of alkyl halides is 1. The highest BCUT2D eigenvalue weighted by atomic mass is 79.9. The lowest BCUT2D eigenvalue weighted by molar-refractivity contribution is 0.440. The smallest absolute Gasteiger partial charge is 0.0707 e. The molecular formula is C13H20BrClS. The second-order valence-corrected chi connectivity index (χ2v) is 6.88. The van der Waals surface area contributed by atoms with Crippen molar-refractivity contribution in [1.29, 1.82) is 0 Å². The zero-order valence-electron chi connectivity index (χ0n) is 10.2. The molecule has 1 rings (SSSR count). The van der Waals surface area contributed by atoms with Crippen LogP contribution in [-0.4, -0.2) is 0 Å². The fraction of sp³-hybridized carbons (Fsp3) is 0.692. The van der Waals surface area contributed by atoms with E-state index >= 15 is 0 Å². The van der Waals surface area contributed by atoms with E-state index in [1.807, 2.05) is 11.3 Å². The maximum Gasteiger partial charge on any atom is 0.0707 e. The third-order valence-electron chi connectivity index (χ3n) is 3.01. The Morgan fingerprint density at radius 1 is 1.44 bits per heavy atom. The molecule has 0 bridgehead atoms. The quantitative estimate of drug-likeness (QED) is 0.538. The van der Waals surface area contributed by atoms with Crippen molar-refractivity contribution in [2.45, 2.75) is 51.8 Å². The van der Waals surface area contributed by atoms with Gasteiger partial charge in [-0.3, -0.25) is 0 Å². The van der Waals surface area contributed by atoms with E-state index in [9.17, 15) is 0 Å². The van der Waals surface area contributed by atoms with Crippen molar-refractivity contribution in [3.05, 3.63) is 20.3 Å². The van der Waals surface area contributed by atoms with Crippen molar-refractivity contribution >= 4 is 38.9 Å². The number of thiophene rings is 1. The fourth-order valence-corrected chi connectivity index (χ4v) is 4.01. The molecule has 0 saturated heterocycles. The molecule has 0 saturated carbocycles. The molecule has 0 fully saturated rings. The first-order valence-corrected chi connectivity index (χ1v) is 8.04. The summed E-state index contributed by atoms with van der Waals surface area (Å²) in [6.07, 6.45) is 4.96. The Kier molecular flexibility index (Phi) is 6.38. The predicted octanol–water partition coefficient (Wildman–Crippen LogP) is 6.32.